The Hall–Kier alpha value is -1.90. The van der Waals surface area contributed by atoms with Crippen LogP contribution in [0.25, 0.3) is 11.3 Å². The van der Waals surface area contributed by atoms with Crippen LogP contribution in [0.1, 0.15) is 12.5 Å². The van der Waals surface area contributed by atoms with Gasteiger partial charge in [-0.05, 0) is 12.0 Å². The molecule has 0 radical (unpaired) electrons. The van der Waals surface area contributed by atoms with Crippen molar-refractivity contribution in [3.8, 4) is 11.3 Å². The lowest BCUT2D eigenvalue weighted by molar-refractivity contribution is 0.957. The van der Waals surface area contributed by atoms with Gasteiger partial charge in [-0.3, -0.25) is 4.79 Å². The quantitative estimate of drug-likeness (QED) is 0.805. The summed E-state index contributed by atoms with van der Waals surface area (Å²) in [6.45, 7) is 2.02. The largest absolute Gasteiger partial charge is 0.268 e. The lowest BCUT2D eigenvalue weighted by atomic mass is 10.1. The molecule has 0 bridgehead atoms. The predicted molar refractivity (Wildman–Crippen MR) is 59.7 cm³/mol. The summed E-state index contributed by atoms with van der Waals surface area (Å²) in [5.41, 5.74) is 2.72. The van der Waals surface area contributed by atoms with Crippen LogP contribution in [0.2, 0.25) is 0 Å². The summed E-state index contributed by atoms with van der Waals surface area (Å²) in [4.78, 5) is 11.1. The molecule has 0 fully saturated rings. The zero-order valence-electron chi connectivity index (χ0n) is 8.53. The van der Waals surface area contributed by atoms with Gasteiger partial charge >= 0.3 is 0 Å². The zero-order chi connectivity index (χ0) is 10.7. The summed E-state index contributed by atoms with van der Waals surface area (Å²) in [7, 11) is 0. The van der Waals surface area contributed by atoms with Gasteiger partial charge in [0.25, 0.3) is 5.56 Å². The van der Waals surface area contributed by atoms with Crippen LogP contribution < -0.4 is 5.56 Å². The Balaban J connectivity index is 2.58. The Bertz CT molecular complexity index is 503. The van der Waals surface area contributed by atoms with E-state index in [1.807, 2.05) is 37.3 Å². The van der Waals surface area contributed by atoms with E-state index in [1.54, 1.807) is 6.07 Å². The molecular formula is C12H12N2O. The van der Waals surface area contributed by atoms with Gasteiger partial charge in [-0.1, -0.05) is 37.3 Å². The van der Waals surface area contributed by atoms with Gasteiger partial charge < -0.3 is 0 Å². The molecule has 0 amide bonds. The molecule has 0 saturated carbocycles. The average Bonchev–Trinajstić information content (AvgIpc) is 2.30. The minimum Gasteiger partial charge on any atom is -0.268 e. The van der Waals surface area contributed by atoms with Gasteiger partial charge in [0.1, 0.15) is 0 Å². The molecule has 3 nitrogen and oxygen atoms in total. The highest BCUT2D eigenvalue weighted by Crippen LogP contribution is 2.19. The first-order chi connectivity index (χ1) is 7.31. The highest BCUT2D eigenvalue weighted by atomic mass is 16.1. The van der Waals surface area contributed by atoms with E-state index in [-0.39, 0.29) is 5.56 Å². The fourth-order valence-electron chi connectivity index (χ4n) is 1.56. The van der Waals surface area contributed by atoms with Crippen molar-refractivity contribution < 1.29 is 0 Å². The maximum Gasteiger partial charge on any atom is 0.264 e. The number of nitrogens with one attached hydrogen (secondary N) is 1. The number of H-pyrrole nitrogens is 1. The van der Waals surface area contributed by atoms with Crippen LogP contribution in [0.3, 0.4) is 0 Å². The van der Waals surface area contributed by atoms with E-state index in [4.69, 9.17) is 0 Å². The molecule has 0 aliphatic carbocycles. The van der Waals surface area contributed by atoms with Crippen molar-refractivity contribution in [3.05, 3.63) is 52.3 Å². The molecule has 2 aromatic rings. The predicted octanol–water partition coefficient (Wildman–Crippen LogP) is 2.00. The first-order valence-corrected chi connectivity index (χ1v) is 4.95. The van der Waals surface area contributed by atoms with Gasteiger partial charge in [0.2, 0.25) is 0 Å². The number of benzene rings is 1. The van der Waals surface area contributed by atoms with Gasteiger partial charge in [0.15, 0.2) is 0 Å². The van der Waals surface area contributed by atoms with Crippen LogP contribution in [-0.2, 0) is 6.42 Å². The van der Waals surface area contributed by atoms with Gasteiger partial charge in [0.05, 0.1) is 5.69 Å². The summed E-state index contributed by atoms with van der Waals surface area (Å²) >= 11 is 0. The van der Waals surface area contributed by atoms with Crippen molar-refractivity contribution in [3.63, 3.8) is 0 Å². The van der Waals surface area contributed by atoms with E-state index in [1.165, 1.54) is 0 Å². The second-order valence-electron chi connectivity index (χ2n) is 3.33. The van der Waals surface area contributed by atoms with Gasteiger partial charge in [-0.2, -0.15) is 5.10 Å². The van der Waals surface area contributed by atoms with E-state index >= 15 is 0 Å². The van der Waals surface area contributed by atoms with E-state index in [0.717, 1.165) is 23.2 Å². The summed E-state index contributed by atoms with van der Waals surface area (Å²) in [5, 5.41) is 6.55. The van der Waals surface area contributed by atoms with Crippen molar-refractivity contribution >= 4 is 0 Å². The standard InChI is InChI=1S/C12H12N2O/c1-2-9-8-11(15)13-14-12(9)10-6-4-3-5-7-10/h3-8H,2H2,1H3,(H,13,15). The Morgan fingerprint density at radius 3 is 2.67 bits per heavy atom. The monoisotopic (exact) mass is 200 g/mol. The van der Waals surface area contributed by atoms with Crippen molar-refractivity contribution in [1.29, 1.82) is 0 Å². The Morgan fingerprint density at radius 1 is 1.27 bits per heavy atom. The Labute approximate surface area is 87.8 Å². The van der Waals surface area contributed by atoms with Crippen molar-refractivity contribution in [1.82, 2.24) is 10.2 Å². The fourth-order valence-corrected chi connectivity index (χ4v) is 1.56. The summed E-state index contributed by atoms with van der Waals surface area (Å²) < 4.78 is 0. The van der Waals surface area contributed by atoms with Gasteiger partial charge in [-0.15, -0.1) is 0 Å². The third-order valence-corrected chi connectivity index (χ3v) is 2.32. The van der Waals surface area contributed by atoms with Crippen molar-refractivity contribution in [2.45, 2.75) is 13.3 Å². The normalized spacial score (nSPS) is 10.2. The van der Waals surface area contributed by atoms with E-state index in [0.29, 0.717) is 0 Å². The number of aryl methyl sites for hydroxylation is 1. The molecule has 0 spiro atoms. The third kappa shape index (κ3) is 1.96. The molecule has 15 heavy (non-hydrogen) atoms. The third-order valence-electron chi connectivity index (χ3n) is 2.32. The summed E-state index contributed by atoms with van der Waals surface area (Å²) in [6.07, 6.45) is 0.807. The van der Waals surface area contributed by atoms with E-state index in [9.17, 15) is 4.79 Å². The minimum absolute atomic E-state index is 0.147. The molecule has 76 valence electrons. The molecule has 1 N–H and O–H groups in total. The van der Waals surface area contributed by atoms with Crippen LogP contribution in [0, 0.1) is 0 Å². The smallest absolute Gasteiger partial charge is 0.264 e. The number of aromatic nitrogens is 2. The number of nitrogens with zero attached hydrogens (tertiary/aromatic N) is 1. The summed E-state index contributed by atoms with van der Waals surface area (Å²) in [6, 6.07) is 11.5. The maximum absolute atomic E-state index is 11.1. The van der Waals surface area contributed by atoms with Gasteiger partial charge in [-0.25, -0.2) is 5.10 Å². The topological polar surface area (TPSA) is 45.8 Å². The molecule has 1 heterocycles. The van der Waals surface area contributed by atoms with Crippen LogP contribution in [0.5, 0.6) is 0 Å². The van der Waals surface area contributed by atoms with Crippen molar-refractivity contribution in [2.24, 2.45) is 0 Å². The second-order valence-corrected chi connectivity index (χ2v) is 3.33. The Morgan fingerprint density at radius 2 is 2.00 bits per heavy atom. The van der Waals surface area contributed by atoms with E-state index in [2.05, 4.69) is 10.2 Å². The van der Waals surface area contributed by atoms with Crippen LogP contribution in [-0.4, -0.2) is 10.2 Å². The second kappa shape index (κ2) is 4.09. The molecule has 0 aliphatic heterocycles. The summed E-state index contributed by atoms with van der Waals surface area (Å²) in [5.74, 6) is 0. The van der Waals surface area contributed by atoms with Crippen LogP contribution >= 0.6 is 0 Å². The lowest BCUT2D eigenvalue weighted by Gasteiger charge is -2.04. The lowest BCUT2D eigenvalue weighted by Crippen LogP contribution is -2.09. The van der Waals surface area contributed by atoms with E-state index < -0.39 is 0 Å². The molecule has 0 atom stereocenters. The number of hydrogen-bond donors (Lipinski definition) is 1. The Kier molecular flexibility index (Phi) is 2.63. The minimum atomic E-state index is -0.147. The highest BCUT2D eigenvalue weighted by Gasteiger charge is 2.05. The molecule has 1 aromatic carbocycles. The molecule has 0 aliphatic rings. The maximum atomic E-state index is 11.1. The average molecular weight is 200 g/mol. The fraction of sp³-hybridized carbons (Fsp3) is 0.167. The van der Waals surface area contributed by atoms with Crippen LogP contribution in [0.4, 0.5) is 0 Å². The highest BCUT2D eigenvalue weighted by molar-refractivity contribution is 5.62. The number of rotatable bonds is 2. The molecule has 2 rings (SSSR count). The molecule has 1 aromatic heterocycles. The molecular weight excluding hydrogens is 188 g/mol. The first kappa shape index (κ1) is 9.65. The molecule has 3 heteroatoms. The van der Waals surface area contributed by atoms with Crippen molar-refractivity contribution in [2.75, 3.05) is 0 Å². The molecule has 0 saturated heterocycles. The number of hydrogen-bond acceptors (Lipinski definition) is 2. The zero-order valence-corrected chi connectivity index (χ0v) is 8.53. The number of aromatic amines is 1. The SMILES string of the molecule is CCc1cc(=O)[nH]nc1-c1ccccc1. The first-order valence-electron chi connectivity index (χ1n) is 4.95. The van der Waals surface area contributed by atoms with Crippen LogP contribution in [0.15, 0.2) is 41.2 Å². The van der Waals surface area contributed by atoms with Gasteiger partial charge in [0, 0.05) is 11.6 Å². The molecule has 0 unspecified atom stereocenters.